The first-order chi connectivity index (χ1) is 3.72. The number of hydrogen-bond donors (Lipinski definition) is 1. The molecule has 0 aromatic rings. The van der Waals surface area contributed by atoms with Crippen molar-refractivity contribution >= 4 is 29.8 Å². The Labute approximate surface area is 59.8 Å². The predicted octanol–water partition coefficient (Wildman–Crippen LogP) is 1.07. The van der Waals surface area contributed by atoms with E-state index in [1.807, 2.05) is 24.2 Å². The second-order valence-electron chi connectivity index (χ2n) is 1.74. The molecular weight excluding hydrogens is 138 g/mol. The van der Waals surface area contributed by atoms with Gasteiger partial charge in [-0.3, -0.25) is 0 Å². The number of thiocarbonyl (C=S) groups is 1. The van der Waals surface area contributed by atoms with Crippen molar-refractivity contribution in [3.05, 3.63) is 12.3 Å². The van der Waals surface area contributed by atoms with Crippen molar-refractivity contribution in [2.75, 3.05) is 7.05 Å². The van der Waals surface area contributed by atoms with Crippen LogP contribution in [0.1, 0.15) is 0 Å². The molecule has 1 rings (SSSR count). The maximum absolute atomic E-state index is 4.95. The molecule has 1 heterocycles. The number of thiol groups is 1. The minimum absolute atomic E-state index is 0.162. The Bertz CT molecular complexity index is 127. The second kappa shape index (κ2) is 2.07. The van der Waals surface area contributed by atoms with E-state index in [4.69, 9.17) is 12.2 Å². The summed E-state index contributed by atoms with van der Waals surface area (Å²) in [4.78, 5) is 2.78. The zero-order valence-corrected chi connectivity index (χ0v) is 6.25. The second-order valence-corrected chi connectivity index (χ2v) is 2.71. The normalized spacial score (nSPS) is 27.5. The van der Waals surface area contributed by atoms with Gasteiger partial charge in [-0.25, -0.2) is 0 Å². The molecule has 0 fully saturated rings. The van der Waals surface area contributed by atoms with Crippen LogP contribution in [0.5, 0.6) is 0 Å². The predicted molar refractivity (Wildman–Crippen MR) is 42.3 cm³/mol. The van der Waals surface area contributed by atoms with Crippen molar-refractivity contribution in [2.45, 2.75) is 5.25 Å². The van der Waals surface area contributed by atoms with Gasteiger partial charge in [0.2, 0.25) is 0 Å². The van der Waals surface area contributed by atoms with E-state index in [-0.39, 0.29) is 5.25 Å². The summed E-state index contributed by atoms with van der Waals surface area (Å²) >= 11 is 9.13. The molecule has 3 heteroatoms. The highest BCUT2D eigenvalue weighted by atomic mass is 32.1. The van der Waals surface area contributed by atoms with Gasteiger partial charge in [0.25, 0.3) is 0 Å². The smallest absolute Gasteiger partial charge is 0.0985 e. The molecule has 44 valence electrons. The van der Waals surface area contributed by atoms with Crippen LogP contribution in [0.3, 0.4) is 0 Å². The lowest BCUT2D eigenvalue weighted by atomic mass is 10.5. The fourth-order valence-electron chi connectivity index (χ4n) is 0.575. The van der Waals surface area contributed by atoms with E-state index >= 15 is 0 Å². The Morgan fingerprint density at radius 3 is 2.62 bits per heavy atom. The molecule has 1 nitrogen and oxygen atoms in total. The molecule has 0 N–H and O–H groups in total. The highest BCUT2D eigenvalue weighted by Crippen LogP contribution is 2.11. The molecule has 0 radical (unpaired) electrons. The Balaban J connectivity index is 2.70. The molecule has 1 atom stereocenters. The van der Waals surface area contributed by atoms with Crippen LogP contribution in [0, 0.1) is 0 Å². The highest BCUT2D eigenvalue weighted by Gasteiger charge is 2.14. The van der Waals surface area contributed by atoms with Crippen LogP contribution in [-0.4, -0.2) is 22.2 Å². The van der Waals surface area contributed by atoms with E-state index in [9.17, 15) is 0 Å². The van der Waals surface area contributed by atoms with Crippen LogP contribution in [0.2, 0.25) is 0 Å². The maximum Gasteiger partial charge on any atom is 0.0985 e. The van der Waals surface area contributed by atoms with Crippen LogP contribution < -0.4 is 0 Å². The zero-order chi connectivity index (χ0) is 6.15. The van der Waals surface area contributed by atoms with E-state index < -0.39 is 0 Å². The number of nitrogens with zero attached hydrogens (tertiary/aromatic N) is 1. The summed E-state index contributed by atoms with van der Waals surface area (Å²) in [6.45, 7) is 0. The van der Waals surface area contributed by atoms with E-state index in [0.717, 1.165) is 4.99 Å². The van der Waals surface area contributed by atoms with Crippen molar-refractivity contribution in [3.63, 3.8) is 0 Å². The molecule has 1 aliphatic rings. The van der Waals surface area contributed by atoms with Gasteiger partial charge in [0.15, 0.2) is 0 Å². The molecule has 0 spiro atoms. The van der Waals surface area contributed by atoms with Crippen LogP contribution >= 0.6 is 24.8 Å². The lowest BCUT2D eigenvalue weighted by molar-refractivity contribution is 0.715. The van der Waals surface area contributed by atoms with Crippen molar-refractivity contribution in [3.8, 4) is 0 Å². The summed E-state index contributed by atoms with van der Waals surface area (Å²) in [6.07, 6.45) is 3.89. The third kappa shape index (κ3) is 0.880. The SMILES string of the molecule is CN1C=CC(S)C1=S. The van der Waals surface area contributed by atoms with Gasteiger partial charge in [-0.1, -0.05) is 12.2 Å². The van der Waals surface area contributed by atoms with Gasteiger partial charge < -0.3 is 4.90 Å². The fraction of sp³-hybridized carbons (Fsp3) is 0.400. The standard InChI is InChI=1S/C5H7NS2/c1-6-3-2-4(7)5(6)8/h2-4,7H,1H3. The molecular formula is C5H7NS2. The first-order valence-corrected chi connectivity index (χ1v) is 3.27. The van der Waals surface area contributed by atoms with Gasteiger partial charge in [-0.2, -0.15) is 12.6 Å². The van der Waals surface area contributed by atoms with Crippen LogP contribution in [-0.2, 0) is 0 Å². The largest absolute Gasteiger partial charge is 0.345 e. The number of hydrogen-bond acceptors (Lipinski definition) is 2. The van der Waals surface area contributed by atoms with Gasteiger partial charge in [0.05, 0.1) is 10.2 Å². The summed E-state index contributed by atoms with van der Waals surface area (Å²) in [5.41, 5.74) is 0. The minimum Gasteiger partial charge on any atom is -0.345 e. The van der Waals surface area contributed by atoms with Gasteiger partial charge in [0, 0.05) is 13.2 Å². The summed E-state index contributed by atoms with van der Waals surface area (Å²) in [6, 6.07) is 0. The topological polar surface area (TPSA) is 3.24 Å². The first-order valence-electron chi connectivity index (χ1n) is 2.35. The molecule has 0 aromatic heterocycles. The quantitative estimate of drug-likeness (QED) is 0.401. The molecule has 8 heavy (non-hydrogen) atoms. The minimum atomic E-state index is 0.162. The lowest BCUT2D eigenvalue weighted by Crippen LogP contribution is -2.19. The van der Waals surface area contributed by atoms with Gasteiger partial charge in [-0.15, -0.1) is 0 Å². The molecule has 0 saturated carbocycles. The lowest BCUT2D eigenvalue weighted by Gasteiger charge is -2.08. The van der Waals surface area contributed by atoms with E-state index in [1.165, 1.54) is 0 Å². The van der Waals surface area contributed by atoms with Gasteiger partial charge in [0.1, 0.15) is 0 Å². The third-order valence-corrected chi connectivity index (χ3v) is 2.23. The molecule has 0 bridgehead atoms. The first kappa shape index (κ1) is 6.11. The molecule has 1 unspecified atom stereocenters. The fourth-order valence-corrected chi connectivity index (χ4v) is 0.974. The molecule has 1 aliphatic heterocycles. The number of rotatable bonds is 0. The van der Waals surface area contributed by atoms with Gasteiger partial charge in [-0.05, 0) is 6.08 Å². The Hall–Kier alpha value is -0.0200. The van der Waals surface area contributed by atoms with Crippen molar-refractivity contribution in [1.82, 2.24) is 4.90 Å². The van der Waals surface area contributed by atoms with Crippen molar-refractivity contribution in [2.24, 2.45) is 0 Å². The molecule has 0 aromatic carbocycles. The highest BCUT2D eigenvalue weighted by molar-refractivity contribution is 7.86. The average Bonchev–Trinajstić information content (AvgIpc) is 1.98. The average molecular weight is 145 g/mol. The Kier molecular flexibility index (Phi) is 1.58. The summed E-state index contributed by atoms with van der Waals surface area (Å²) in [7, 11) is 1.93. The van der Waals surface area contributed by atoms with Crippen LogP contribution in [0.25, 0.3) is 0 Å². The van der Waals surface area contributed by atoms with Gasteiger partial charge >= 0.3 is 0 Å². The third-order valence-electron chi connectivity index (χ3n) is 1.09. The summed E-state index contributed by atoms with van der Waals surface area (Å²) in [5, 5.41) is 0.162. The maximum atomic E-state index is 4.95. The Morgan fingerprint density at radius 2 is 2.50 bits per heavy atom. The summed E-state index contributed by atoms with van der Waals surface area (Å²) < 4.78 is 0. The van der Waals surface area contributed by atoms with E-state index in [1.54, 1.807) is 0 Å². The molecule has 0 amide bonds. The monoisotopic (exact) mass is 145 g/mol. The van der Waals surface area contributed by atoms with Crippen molar-refractivity contribution < 1.29 is 0 Å². The van der Waals surface area contributed by atoms with Crippen LogP contribution in [0.4, 0.5) is 0 Å². The van der Waals surface area contributed by atoms with Crippen LogP contribution in [0.15, 0.2) is 12.3 Å². The Morgan fingerprint density at radius 1 is 1.88 bits per heavy atom. The zero-order valence-electron chi connectivity index (χ0n) is 4.53. The molecule has 0 aliphatic carbocycles. The van der Waals surface area contributed by atoms with Crippen molar-refractivity contribution in [1.29, 1.82) is 0 Å². The van der Waals surface area contributed by atoms with E-state index in [2.05, 4.69) is 12.6 Å². The molecule has 0 saturated heterocycles. The van der Waals surface area contributed by atoms with E-state index in [0.29, 0.717) is 0 Å². The summed E-state index contributed by atoms with van der Waals surface area (Å²) in [5.74, 6) is 0.